The van der Waals surface area contributed by atoms with E-state index in [2.05, 4.69) is 5.32 Å². The van der Waals surface area contributed by atoms with Crippen molar-refractivity contribution in [2.75, 3.05) is 18.4 Å². The molecule has 3 nitrogen and oxygen atoms in total. The molecule has 3 rings (SSSR count). The van der Waals surface area contributed by atoms with Crippen LogP contribution in [-0.4, -0.2) is 29.9 Å². The Hall–Kier alpha value is -2.07. The van der Waals surface area contributed by atoms with Gasteiger partial charge >= 0.3 is 0 Å². The second-order valence-electron chi connectivity index (χ2n) is 5.70. The Kier molecular flexibility index (Phi) is 4.82. The van der Waals surface area contributed by atoms with Crippen LogP contribution in [0.3, 0.4) is 0 Å². The van der Waals surface area contributed by atoms with Crippen molar-refractivity contribution >= 4 is 23.2 Å². The van der Waals surface area contributed by atoms with Crippen LogP contribution in [0.5, 0.6) is 0 Å². The zero-order valence-corrected chi connectivity index (χ0v) is 13.4. The maximum Gasteiger partial charge on any atom is 0.255 e. The van der Waals surface area contributed by atoms with E-state index in [9.17, 15) is 9.18 Å². The van der Waals surface area contributed by atoms with Gasteiger partial charge in [0.05, 0.1) is 10.6 Å². The molecule has 1 aliphatic heterocycles. The van der Waals surface area contributed by atoms with E-state index >= 15 is 0 Å². The van der Waals surface area contributed by atoms with Crippen molar-refractivity contribution in [2.24, 2.45) is 0 Å². The Morgan fingerprint density at radius 3 is 2.57 bits per heavy atom. The molecule has 0 aromatic heterocycles. The number of amides is 1. The average molecular weight is 333 g/mol. The number of anilines is 1. The summed E-state index contributed by atoms with van der Waals surface area (Å²) in [6.45, 7) is 1.33. The fraction of sp³-hybridized carbons (Fsp3) is 0.278. The van der Waals surface area contributed by atoms with Gasteiger partial charge < -0.3 is 10.2 Å². The Balaban J connectivity index is 1.58. The number of hydrogen-bond acceptors (Lipinski definition) is 2. The van der Waals surface area contributed by atoms with Gasteiger partial charge in [-0.15, -0.1) is 0 Å². The lowest BCUT2D eigenvalue weighted by atomic mass is 10.0. The molecule has 0 radical (unpaired) electrons. The summed E-state index contributed by atoms with van der Waals surface area (Å²) in [5, 5.41) is 3.81. The third kappa shape index (κ3) is 3.82. The van der Waals surface area contributed by atoms with Gasteiger partial charge in [-0.05, 0) is 43.2 Å². The second-order valence-corrected chi connectivity index (χ2v) is 6.11. The van der Waals surface area contributed by atoms with Crippen LogP contribution in [0, 0.1) is 5.82 Å². The van der Waals surface area contributed by atoms with E-state index in [1.54, 1.807) is 18.2 Å². The fourth-order valence-corrected chi connectivity index (χ4v) is 3.06. The highest BCUT2D eigenvalue weighted by Crippen LogP contribution is 2.21. The minimum Gasteiger partial charge on any atom is -0.382 e. The lowest BCUT2D eigenvalue weighted by Crippen LogP contribution is -2.42. The zero-order chi connectivity index (χ0) is 16.2. The number of carbonyl (C=O) groups is 1. The van der Waals surface area contributed by atoms with E-state index in [1.165, 1.54) is 12.1 Å². The van der Waals surface area contributed by atoms with Crippen LogP contribution in [0.15, 0.2) is 48.5 Å². The van der Waals surface area contributed by atoms with Crippen molar-refractivity contribution in [3.05, 3.63) is 64.9 Å². The molecule has 120 valence electrons. The maximum atomic E-state index is 13.2. The number of benzene rings is 2. The van der Waals surface area contributed by atoms with Crippen molar-refractivity contribution in [3.63, 3.8) is 0 Å². The Labute approximate surface area is 140 Å². The first-order chi connectivity index (χ1) is 11.1. The summed E-state index contributed by atoms with van der Waals surface area (Å²) in [4.78, 5) is 14.3. The number of hydrogen-bond donors (Lipinski definition) is 1. The van der Waals surface area contributed by atoms with Gasteiger partial charge in [0, 0.05) is 24.8 Å². The molecular formula is C18H18ClFN2O. The lowest BCUT2D eigenvalue weighted by molar-refractivity contribution is 0.0718. The zero-order valence-electron chi connectivity index (χ0n) is 12.6. The quantitative estimate of drug-likeness (QED) is 0.913. The van der Waals surface area contributed by atoms with Crippen LogP contribution in [0.4, 0.5) is 10.1 Å². The molecule has 1 saturated heterocycles. The van der Waals surface area contributed by atoms with Gasteiger partial charge in [0.1, 0.15) is 5.82 Å². The number of nitrogens with zero attached hydrogens (tertiary/aromatic N) is 1. The molecule has 2 aromatic carbocycles. The number of halogens is 2. The standard InChI is InChI=1S/C18H18ClFN2O/c19-17-7-2-1-6-16(17)18(23)22-10-8-14(9-11-22)21-15-5-3-4-13(20)12-15/h1-7,12,14,21H,8-11H2. The van der Waals surface area contributed by atoms with Gasteiger partial charge in [0.25, 0.3) is 5.91 Å². The molecule has 1 aliphatic rings. The molecule has 2 aromatic rings. The minimum absolute atomic E-state index is 0.0280. The maximum absolute atomic E-state index is 13.2. The number of nitrogens with one attached hydrogen (secondary N) is 1. The predicted molar refractivity (Wildman–Crippen MR) is 90.4 cm³/mol. The van der Waals surface area contributed by atoms with Crippen LogP contribution in [0.2, 0.25) is 5.02 Å². The van der Waals surface area contributed by atoms with Crippen molar-refractivity contribution in [3.8, 4) is 0 Å². The highest BCUT2D eigenvalue weighted by molar-refractivity contribution is 6.33. The van der Waals surface area contributed by atoms with Crippen LogP contribution in [0.1, 0.15) is 23.2 Å². The van der Waals surface area contributed by atoms with Gasteiger partial charge in [-0.2, -0.15) is 0 Å². The summed E-state index contributed by atoms with van der Waals surface area (Å²) >= 11 is 6.09. The van der Waals surface area contributed by atoms with Crippen LogP contribution >= 0.6 is 11.6 Å². The van der Waals surface area contributed by atoms with E-state index < -0.39 is 0 Å². The van der Waals surface area contributed by atoms with Crippen molar-refractivity contribution in [1.82, 2.24) is 4.90 Å². The molecule has 0 saturated carbocycles. The molecule has 0 aliphatic carbocycles. The first kappa shape index (κ1) is 15.8. The molecule has 1 amide bonds. The van der Waals surface area contributed by atoms with Gasteiger partial charge in [-0.3, -0.25) is 4.79 Å². The summed E-state index contributed by atoms with van der Waals surface area (Å²) in [7, 11) is 0. The number of rotatable bonds is 3. The van der Waals surface area contributed by atoms with E-state index in [4.69, 9.17) is 11.6 Å². The summed E-state index contributed by atoms with van der Waals surface area (Å²) in [5.41, 5.74) is 1.33. The molecule has 0 bridgehead atoms. The van der Waals surface area contributed by atoms with Crippen molar-refractivity contribution < 1.29 is 9.18 Å². The third-order valence-electron chi connectivity index (χ3n) is 4.08. The molecule has 0 unspecified atom stereocenters. The fourth-order valence-electron chi connectivity index (χ4n) is 2.85. The molecule has 5 heteroatoms. The monoisotopic (exact) mass is 332 g/mol. The average Bonchev–Trinajstić information content (AvgIpc) is 2.55. The third-order valence-corrected chi connectivity index (χ3v) is 4.41. The van der Waals surface area contributed by atoms with Gasteiger partial charge in [-0.1, -0.05) is 29.8 Å². The number of likely N-dealkylation sites (tertiary alicyclic amines) is 1. The van der Waals surface area contributed by atoms with Crippen molar-refractivity contribution in [2.45, 2.75) is 18.9 Å². The van der Waals surface area contributed by atoms with Gasteiger partial charge in [0.2, 0.25) is 0 Å². The Morgan fingerprint density at radius 2 is 1.87 bits per heavy atom. The van der Waals surface area contributed by atoms with Crippen LogP contribution in [0.25, 0.3) is 0 Å². The van der Waals surface area contributed by atoms with Crippen LogP contribution in [-0.2, 0) is 0 Å². The summed E-state index contributed by atoms with van der Waals surface area (Å²) < 4.78 is 13.2. The normalized spacial score (nSPS) is 15.5. The molecule has 0 spiro atoms. The van der Waals surface area contributed by atoms with E-state index in [0.717, 1.165) is 18.5 Å². The van der Waals surface area contributed by atoms with E-state index in [-0.39, 0.29) is 17.8 Å². The summed E-state index contributed by atoms with van der Waals surface area (Å²) in [5.74, 6) is -0.277. The topological polar surface area (TPSA) is 32.3 Å². The lowest BCUT2D eigenvalue weighted by Gasteiger charge is -2.33. The van der Waals surface area contributed by atoms with E-state index in [1.807, 2.05) is 23.1 Å². The highest BCUT2D eigenvalue weighted by Gasteiger charge is 2.24. The predicted octanol–water partition coefficient (Wildman–Crippen LogP) is 4.20. The SMILES string of the molecule is O=C(c1ccccc1Cl)N1CCC(Nc2cccc(F)c2)CC1. The second kappa shape index (κ2) is 7.01. The first-order valence-corrected chi connectivity index (χ1v) is 8.07. The van der Waals surface area contributed by atoms with Gasteiger partial charge in [-0.25, -0.2) is 4.39 Å². The Morgan fingerprint density at radius 1 is 1.13 bits per heavy atom. The molecule has 23 heavy (non-hydrogen) atoms. The summed E-state index contributed by atoms with van der Waals surface area (Å²) in [6, 6.07) is 13.8. The number of piperidine rings is 1. The highest BCUT2D eigenvalue weighted by atomic mass is 35.5. The molecule has 1 N–H and O–H groups in total. The van der Waals surface area contributed by atoms with Crippen molar-refractivity contribution in [1.29, 1.82) is 0 Å². The first-order valence-electron chi connectivity index (χ1n) is 7.69. The smallest absolute Gasteiger partial charge is 0.255 e. The number of carbonyl (C=O) groups excluding carboxylic acids is 1. The van der Waals surface area contributed by atoms with E-state index in [0.29, 0.717) is 23.7 Å². The van der Waals surface area contributed by atoms with Gasteiger partial charge in [0.15, 0.2) is 0 Å². The molecule has 1 fully saturated rings. The molecule has 0 atom stereocenters. The molecular weight excluding hydrogens is 315 g/mol. The Bertz CT molecular complexity index is 699. The summed E-state index contributed by atoms with van der Waals surface area (Å²) in [6.07, 6.45) is 1.65. The molecule has 1 heterocycles. The minimum atomic E-state index is -0.249. The van der Waals surface area contributed by atoms with Crippen LogP contribution < -0.4 is 5.32 Å². The largest absolute Gasteiger partial charge is 0.382 e.